The Hall–Kier alpha value is -2.05. The molecule has 0 saturated carbocycles. The van der Waals surface area contributed by atoms with Gasteiger partial charge in [-0.3, -0.25) is 9.10 Å². The van der Waals surface area contributed by atoms with Crippen molar-refractivity contribution in [3.63, 3.8) is 0 Å². The molecule has 0 saturated heterocycles. The number of aryl methyl sites for hydroxylation is 2. The summed E-state index contributed by atoms with van der Waals surface area (Å²) in [7, 11) is -3.67. The van der Waals surface area contributed by atoms with Gasteiger partial charge in [0.05, 0.1) is 11.9 Å². The molecule has 5 nitrogen and oxygen atoms in total. The highest BCUT2D eigenvalue weighted by Crippen LogP contribution is 2.25. The van der Waals surface area contributed by atoms with Gasteiger partial charge >= 0.3 is 0 Å². The van der Waals surface area contributed by atoms with E-state index in [-0.39, 0.29) is 5.91 Å². The second kappa shape index (κ2) is 8.10. The van der Waals surface area contributed by atoms with Crippen LogP contribution in [0.5, 0.6) is 0 Å². The number of hydrogen-bond donors (Lipinski definition) is 1. The van der Waals surface area contributed by atoms with E-state index in [1.165, 1.54) is 0 Å². The topological polar surface area (TPSA) is 66.5 Å². The molecule has 7 heteroatoms. The van der Waals surface area contributed by atoms with Crippen molar-refractivity contribution < 1.29 is 13.2 Å². The number of benzene rings is 2. The summed E-state index contributed by atoms with van der Waals surface area (Å²) in [5, 5.41) is 3.36. The van der Waals surface area contributed by atoms with Crippen molar-refractivity contribution in [1.82, 2.24) is 0 Å². The summed E-state index contributed by atoms with van der Waals surface area (Å²) in [4.78, 5) is 12.9. The molecule has 140 valence electrons. The van der Waals surface area contributed by atoms with E-state index in [0.29, 0.717) is 22.8 Å². The highest BCUT2D eigenvalue weighted by atomic mass is 35.5. The number of sulfonamides is 1. The quantitative estimate of drug-likeness (QED) is 0.800. The predicted octanol–water partition coefficient (Wildman–Crippen LogP) is 4.14. The maximum Gasteiger partial charge on any atom is 0.248 e. The van der Waals surface area contributed by atoms with Crippen LogP contribution in [0.3, 0.4) is 0 Å². The first kappa shape index (κ1) is 20.3. The molecule has 0 aromatic heterocycles. The lowest BCUT2D eigenvalue weighted by atomic mass is 10.1. The van der Waals surface area contributed by atoms with E-state index in [0.717, 1.165) is 21.7 Å². The summed E-state index contributed by atoms with van der Waals surface area (Å²) in [6.45, 7) is 5.61. The second-order valence-electron chi connectivity index (χ2n) is 6.27. The molecule has 26 heavy (non-hydrogen) atoms. The number of hydrogen-bond acceptors (Lipinski definition) is 3. The first-order valence-corrected chi connectivity index (χ1v) is 10.5. The van der Waals surface area contributed by atoms with Gasteiger partial charge in [0.25, 0.3) is 0 Å². The maximum atomic E-state index is 12.9. The number of rotatable bonds is 6. The lowest BCUT2D eigenvalue weighted by molar-refractivity contribution is -0.117. The van der Waals surface area contributed by atoms with Gasteiger partial charge in [0.15, 0.2) is 0 Å². The minimum absolute atomic E-state index is 0.326. The summed E-state index contributed by atoms with van der Waals surface area (Å²) < 4.78 is 26.0. The number of nitrogens with one attached hydrogen (secondary N) is 1. The molecular weight excluding hydrogens is 372 g/mol. The maximum absolute atomic E-state index is 12.9. The second-order valence-corrected chi connectivity index (χ2v) is 8.56. The average molecular weight is 395 g/mol. The molecule has 1 amide bonds. The van der Waals surface area contributed by atoms with E-state index in [1.54, 1.807) is 31.2 Å². The zero-order chi connectivity index (χ0) is 19.5. The van der Waals surface area contributed by atoms with E-state index >= 15 is 0 Å². The van der Waals surface area contributed by atoms with Crippen LogP contribution in [0.2, 0.25) is 5.02 Å². The summed E-state index contributed by atoms with van der Waals surface area (Å²) in [6, 6.07) is 11.3. The Kier molecular flexibility index (Phi) is 6.31. The molecular formula is C19H23ClN2O3S. The van der Waals surface area contributed by atoms with Crippen molar-refractivity contribution in [3.05, 3.63) is 58.6 Å². The highest BCUT2D eigenvalue weighted by Gasteiger charge is 2.31. The van der Waals surface area contributed by atoms with Crippen LogP contribution in [0.25, 0.3) is 0 Å². The molecule has 0 heterocycles. The lowest BCUT2D eigenvalue weighted by Crippen LogP contribution is -2.47. The van der Waals surface area contributed by atoms with Gasteiger partial charge in [-0.05, 0) is 61.7 Å². The third kappa shape index (κ3) is 4.77. The fraction of sp³-hybridized carbons (Fsp3) is 0.316. The van der Waals surface area contributed by atoms with Crippen LogP contribution in [-0.2, 0) is 14.8 Å². The van der Waals surface area contributed by atoms with Crippen molar-refractivity contribution in [2.75, 3.05) is 15.9 Å². The number of amides is 1. The first-order chi connectivity index (χ1) is 12.1. The number of anilines is 2. The third-order valence-corrected chi connectivity index (χ3v) is 5.49. The third-order valence-electron chi connectivity index (χ3n) is 4.06. The van der Waals surface area contributed by atoms with E-state index < -0.39 is 16.1 Å². The molecule has 0 aliphatic rings. The van der Waals surface area contributed by atoms with Crippen LogP contribution in [0.4, 0.5) is 11.4 Å². The van der Waals surface area contributed by atoms with E-state index in [4.69, 9.17) is 11.6 Å². The molecule has 2 aromatic carbocycles. The largest absolute Gasteiger partial charge is 0.324 e. The molecule has 1 atom stereocenters. The number of carbonyl (C=O) groups excluding carboxylic acids is 1. The van der Waals surface area contributed by atoms with Gasteiger partial charge in [-0.1, -0.05) is 30.7 Å². The van der Waals surface area contributed by atoms with E-state index in [9.17, 15) is 13.2 Å². The zero-order valence-corrected chi connectivity index (χ0v) is 16.9. The van der Waals surface area contributed by atoms with Gasteiger partial charge in [-0.15, -0.1) is 0 Å². The number of nitrogens with zero attached hydrogens (tertiary/aromatic N) is 1. The van der Waals surface area contributed by atoms with E-state index in [2.05, 4.69) is 5.32 Å². The average Bonchev–Trinajstić information content (AvgIpc) is 2.56. The zero-order valence-electron chi connectivity index (χ0n) is 15.3. The van der Waals surface area contributed by atoms with Crippen molar-refractivity contribution >= 4 is 38.9 Å². The molecule has 1 N–H and O–H groups in total. The van der Waals surface area contributed by atoms with Crippen molar-refractivity contribution in [2.45, 2.75) is 33.2 Å². The summed E-state index contributed by atoms with van der Waals surface area (Å²) in [6.07, 6.45) is 1.42. The van der Waals surface area contributed by atoms with Gasteiger partial charge in [0.1, 0.15) is 6.04 Å². The van der Waals surface area contributed by atoms with Gasteiger partial charge in [-0.25, -0.2) is 8.42 Å². The van der Waals surface area contributed by atoms with Crippen LogP contribution in [0.1, 0.15) is 24.5 Å². The first-order valence-electron chi connectivity index (χ1n) is 8.26. The molecule has 1 unspecified atom stereocenters. The lowest BCUT2D eigenvalue weighted by Gasteiger charge is -2.30. The molecule has 0 bridgehead atoms. The number of carbonyl (C=O) groups is 1. The fourth-order valence-electron chi connectivity index (χ4n) is 2.73. The van der Waals surface area contributed by atoms with Crippen LogP contribution in [0.15, 0.2) is 42.5 Å². The minimum Gasteiger partial charge on any atom is -0.324 e. The highest BCUT2D eigenvalue weighted by molar-refractivity contribution is 7.92. The van der Waals surface area contributed by atoms with E-state index in [1.807, 2.05) is 32.0 Å². The Morgan fingerprint density at radius 1 is 1.15 bits per heavy atom. The van der Waals surface area contributed by atoms with Crippen LogP contribution < -0.4 is 9.62 Å². The Bertz CT molecular complexity index is 896. The molecule has 0 radical (unpaired) electrons. The minimum atomic E-state index is -3.67. The smallest absolute Gasteiger partial charge is 0.248 e. The molecule has 0 spiro atoms. The molecule has 0 aliphatic carbocycles. The molecule has 0 fully saturated rings. The Morgan fingerprint density at radius 2 is 1.77 bits per heavy atom. The van der Waals surface area contributed by atoms with Crippen molar-refractivity contribution in [2.24, 2.45) is 0 Å². The molecule has 0 aliphatic heterocycles. The van der Waals surface area contributed by atoms with Crippen LogP contribution in [0, 0.1) is 13.8 Å². The molecule has 2 rings (SSSR count). The SMILES string of the molecule is CCC(C(=O)Nc1cc(C)ccc1C)N(c1ccc(Cl)cc1)S(C)(=O)=O. The van der Waals surface area contributed by atoms with Crippen LogP contribution in [-0.4, -0.2) is 26.6 Å². The Labute approximate surface area is 160 Å². The predicted molar refractivity (Wildman–Crippen MR) is 107 cm³/mol. The normalized spacial score (nSPS) is 12.5. The van der Waals surface area contributed by atoms with Crippen LogP contribution >= 0.6 is 11.6 Å². The molecule has 2 aromatic rings. The Balaban J connectivity index is 2.39. The summed E-state index contributed by atoms with van der Waals surface area (Å²) in [5.74, 6) is -0.374. The van der Waals surface area contributed by atoms with Gasteiger partial charge in [0, 0.05) is 10.7 Å². The summed E-state index contributed by atoms with van der Waals surface area (Å²) in [5.41, 5.74) is 3.01. The monoisotopic (exact) mass is 394 g/mol. The standard InChI is InChI=1S/C19H23ClN2O3S/c1-5-18(19(23)21-17-12-13(2)6-7-14(17)3)22(26(4,24)25)16-10-8-15(20)9-11-16/h6-12,18H,5H2,1-4H3,(H,21,23). The van der Waals surface area contributed by atoms with Gasteiger partial charge < -0.3 is 5.32 Å². The number of halogens is 1. The van der Waals surface area contributed by atoms with Gasteiger partial charge in [0.2, 0.25) is 15.9 Å². The van der Waals surface area contributed by atoms with Gasteiger partial charge in [-0.2, -0.15) is 0 Å². The summed E-state index contributed by atoms with van der Waals surface area (Å²) >= 11 is 5.90. The Morgan fingerprint density at radius 3 is 2.31 bits per heavy atom. The fourth-order valence-corrected chi connectivity index (χ4v) is 4.07. The van der Waals surface area contributed by atoms with Crippen molar-refractivity contribution in [1.29, 1.82) is 0 Å². The van der Waals surface area contributed by atoms with Crippen molar-refractivity contribution in [3.8, 4) is 0 Å².